The number of nitrogens with one attached hydrogen (secondary N) is 2. The molecular weight excluding hydrogens is 379 g/mol. The molecule has 0 heterocycles. The number of rotatable bonds is 7. The first-order valence-electron chi connectivity index (χ1n) is 8.01. The number of para-hydroxylation sites is 1. The summed E-state index contributed by atoms with van der Waals surface area (Å²) in [5.74, 6) is -0.183. The van der Waals surface area contributed by atoms with Crippen LogP contribution in [0.1, 0.15) is 18.1 Å². The second-order valence-electron chi connectivity index (χ2n) is 5.85. The van der Waals surface area contributed by atoms with E-state index in [1.807, 2.05) is 30.3 Å². The van der Waals surface area contributed by atoms with E-state index in [1.54, 1.807) is 12.1 Å². The third-order valence-electron chi connectivity index (χ3n) is 3.58. The highest BCUT2D eigenvalue weighted by molar-refractivity contribution is 6.30. The summed E-state index contributed by atoms with van der Waals surface area (Å²) < 4.78 is 42.7. The van der Waals surface area contributed by atoms with Gasteiger partial charge in [-0.2, -0.15) is 13.2 Å². The van der Waals surface area contributed by atoms with Crippen LogP contribution in [0.5, 0.6) is 0 Å². The summed E-state index contributed by atoms with van der Waals surface area (Å²) in [4.78, 5) is 0. The van der Waals surface area contributed by atoms with Gasteiger partial charge in [0.15, 0.2) is 6.10 Å². The molecule has 0 aliphatic heterocycles. The molecule has 0 saturated carbocycles. The van der Waals surface area contributed by atoms with Crippen LogP contribution in [-0.4, -0.2) is 18.1 Å². The maximum atomic E-state index is 12.6. The summed E-state index contributed by atoms with van der Waals surface area (Å²) in [5.41, 5.74) is 7.78. The number of halogens is 4. The molecule has 0 aliphatic carbocycles. The molecule has 4 nitrogen and oxygen atoms in total. The molecule has 0 unspecified atom stereocenters. The van der Waals surface area contributed by atoms with Gasteiger partial charge in [0.1, 0.15) is 5.84 Å². The smallest absolute Gasteiger partial charge is 0.384 e. The van der Waals surface area contributed by atoms with Crippen LogP contribution in [0.15, 0.2) is 54.6 Å². The van der Waals surface area contributed by atoms with E-state index < -0.39 is 12.3 Å². The molecule has 8 heteroatoms. The first-order valence-corrected chi connectivity index (χ1v) is 8.39. The molecule has 0 aromatic heterocycles. The summed E-state index contributed by atoms with van der Waals surface area (Å²) in [6, 6.07) is 14.0. The van der Waals surface area contributed by atoms with E-state index in [0.29, 0.717) is 21.8 Å². The molecule has 4 N–H and O–H groups in total. The monoisotopic (exact) mass is 397 g/mol. The Morgan fingerprint density at radius 2 is 1.93 bits per heavy atom. The third-order valence-corrected chi connectivity index (χ3v) is 3.80. The van der Waals surface area contributed by atoms with Crippen molar-refractivity contribution < 1.29 is 17.9 Å². The van der Waals surface area contributed by atoms with Gasteiger partial charge < -0.3 is 15.8 Å². The fraction of sp³-hybridized carbons (Fsp3) is 0.211. The fourth-order valence-electron chi connectivity index (χ4n) is 2.23. The Labute approximate surface area is 160 Å². The van der Waals surface area contributed by atoms with Crippen molar-refractivity contribution in [1.29, 1.82) is 5.41 Å². The minimum atomic E-state index is -4.43. The number of benzene rings is 2. The van der Waals surface area contributed by atoms with Crippen molar-refractivity contribution in [2.45, 2.75) is 25.8 Å². The number of amidine groups is 1. The maximum absolute atomic E-state index is 12.6. The highest BCUT2D eigenvalue weighted by atomic mass is 35.5. The number of alkyl halides is 3. The highest BCUT2D eigenvalue weighted by Gasteiger charge is 2.36. The van der Waals surface area contributed by atoms with Gasteiger partial charge in [-0.3, -0.25) is 5.41 Å². The van der Waals surface area contributed by atoms with E-state index >= 15 is 0 Å². The number of nitrogens with two attached hydrogens (primary N) is 1. The van der Waals surface area contributed by atoms with Gasteiger partial charge in [-0.1, -0.05) is 29.8 Å². The number of hydrogen-bond donors (Lipinski definition) is 3. The molecule has 144 valence electrons. The molecule has 27 heavy (non-hydrogen) atoms. The van der Waals surface area contributed by atoms with Gasteiger partial charge in [0.2, 0.25) is 0 Å². The first kappa shape index (κ1) is 20.8. The Morgan fingerprint density at radius 3 is 2.52 bits per heavy atom. The van der Waals surface area contributed by atoms with Gasteiger partial charge in [0.05, 0.1) is 6.61 Å². The van der Waals surface area contributed by atoms with Crippen LogP contribution in [0.2, 0.25) is 5.02 Å². The molecular formula is C19H19ClF3N3O. The molecule has 0 amide bonds. The van der Waals surface area contributed by atoms with Crippen molar-refractivity contribution in [2.24, 2.45) is 5.73 Å². The zero-order valence-electron chi connectivity index (χ0n) is 14.5. The van der Waals surface area contributed by atoms with E-state index in [1.165, 1.54) is 12.1 Å². The van der Waals surface area contributed by atoms with Crippen molar-refractivity contribution in [1.82, 2.24) is 0 Å². The van der Waals surface area contributed by atoms with Gasteiger partial charge in [-0.15, -0.1) is 0 Å². The van der Waals surface area contributed by atoms with Crippen LogP contribution in [0.25, 0.3) is 5.70 Å². The average molecular weight is 398 g/mol. The van der Waals surface area contributed by atoms with E-state index in [-0.39, 0.29) is 12.4 Å². The summed E-state index contributed by atoms with van der Waals surface area (Å²) >= 11 is 6.12. The lowest BCUT2D eigenvalue weighted by atomic mass is 10.1. The van der Waals surface area contributed by atoms with Gasteiger partial charge in [-0.25, -0.2) is 0 Å². The van der Waals surface area contributed by atoms with E-state index in [2.05, 4.69) is 5.32 Å². The maximum Gasteiger partial charge on any atom is 0.414 e. The molecule has 1 atom stereocenters. The van der Waals surface area contributed by atoms with E-state index in [9.17, 15) is 13.2 Å². The predicted octanol–water partition coefficient (Wildman–Crippen LogP) is 5.20. The Balaban J connectivity index is 2.28. The topological polar surface area (TPSA) is 71.1 Å². The normalized spacial score (nSPS) is 13.3. The molecule has 0 saturated heterocycles. The Kier molecular flexibility index (Phi) is 6.87. The minimum absolute atomic E-state index is 0.183. The first-order chi connectivity index (χ1) is 12.6. The number of ether oxygens (including phenoxy) is 1. The van der Waals surface area contributed by atoms with Crippen molar-refractivity contribution in [3.05, 3.63) is 70.8 Å². The van der Waals surface area contributed by atoms with Gasteiger partial charge >= 0.3 is 6.18 Å². The van der Waals surface area contributed by atoms with E-state index in [4.69, 9.17) is 27.5 Å². The van der Waals surface area contributed by atoms with Crippen molar-refractivity contribution in [3.63, 3.8) is 0 Å². The second kappa shape index (κ2) is 8.92. The lowest BCUT2D eigenvalue weighted by molar-refractivity contribution is -0.217. The van der Waals surface area contributed by atoms with Crippen LogP contribution < -0.4 is 11.1 Å². The lowest BCUT2D eigenvalue weighted by Crippen LogP contribution is -2.28. The number of hydrogen-bond acceptors (Lipinski definition) is 3. The summed E-state index contributed by atoms with van der Waals surface area (Å²) in [5, 5.41) is 11.0. The molecule has 2 rings (SSSR count). The molecule has 0 radical (unpaired) electrons. The largest absolute Gasteiger partial charge is 0.414 e. The molecule has 0 fully saturated rings. The lowest BCUT2D eigenvalue weighted by Gasteiger charge is -2.17. The quantitative estimate of drug-likeness (QED) is 0.444. The van der Waals surface area contributed by atoms with Gasteiger partial charge in [0.25, 0.3) is 0 Å². The Morgan fingerprint density at radius 1 is 1.26 bits per heavy atom. The fourth-order valence-corrected chi connectivity index (χ4v) is 2.49. The molecule has 2 aromatic carbocycles. The Hall–Kier alpha value is -2.51. The number of anilines is 1. The van der Waals surface area contributed by atoms with Crippen molar-refractivity contribution in [2.75, 3.05) is 5.32 Å². The highest BCUT2D eigenvalue weighted by Crippen LogP contribution is 2.26. The molecule has 0 spiro atoms. The SMILES string of the molecule is C[C@@H](OCc1cc(Cl)cc(/C(=C/C(=N)N)Nc2ccccc2)c1)C(F)(F)F. The minimum Gasteiger partial charge on any atom is -0.384 e. The molecule has 0 aliphatic rings. The average Bonchev–Trinajstić information content (AvgIpc) is 2.58. The zero-order chi connectivity index (χ0) is 20.0. The van der Waals surface area contributed by atoms with Gasteiger partial charge in [0, 0.05) is 22.5 Å². The molecule has 2 aromatic rings. The van der Waals surface area contributed by atoms with Crippen LogP contribution >= 0.6 is 11.6 Å². The summed E-state index contributed by atoms with van der Waals surface area (Å²) in [6.07, 6.45) is -4.92. The third kappa shape index (κ3) is 6.62. The van der Waals surface area contributed by atoms with Crippen LogP contribution in [0, 0.1) is 5.41 Å². The van der Waals surface area contributed by atoms with Gasteiger partial charge in [-0.05, 0) is 48.4 Å². The van der Waals surface area contributed by atoms with Crippen LogP contribution in [0.4, 0.5) is 18.9 Å². The summed E-state index contributed by atoms with van der Waals surface area (Å²) in [7, 11) is 0. The second-order valence-corrected chi connectivity index (χ2v) is 6.28. The Bertz CT molecular complexity index is 823. The molecule has 0 bridgehead atoms. The summed E-state index contributed by atoms with van der Waals surface area (Å²) in [6.45, 7) is 0.691. The zero-order valence-corrected chi connectivity index (χ0v) is 15.2. The predicted molar refractivity (Wildman–Crippen MR) is 102 cm³/mol. The standard InChI is InChI=1S/C19H19ClF3N3O/c1-12(19(21,22)23)27-11-13-7-14(9-15(20)8-13)17(10-18(24)25)26-16-5-3-2-4-6-16/h2-10,12,26H,11H2,1H3,(H3,24,25)/b17-10-/t12-/m1/s1. The van der Waals surface area contributed by atoms with E-state index in [0.717, 1.165) is 12.6 Å². The van der Waals surface area contributed by atoms with Crippen molar-refractivity contribution in [3.8, 4) is 0 Å². The van der Waals surface area contributed by atoms with Crippen LogP contribution in [0.3, 0.4) is 0 Å². The van der Waals surface area contributed by atoms with Crippen molar-refractivity contribution >= 4 is 28.8 Å². The van der Waals surface area contributed by atoms with Crippen LogP contribution in [-0.2, 0) is 11.3 Å².